The van der Waals surface area contributed by atoms with Gasteiger partial charge in [-0.1, -0.05) is 6.07 Å². The van der Waals surface area contributed by atoms with Crippen LogP contribution in [0.3, 0.4) is 0 Å². The van der Waals surface area contributed by atoms with Gasteiger partial charge < -0.3 is 10.6 Å². The van der Waals surface area contributed by atoms with Crippen molar-refractivity contribution < 1.29 is 4.79 Å². The van der Waals surface area contributed by atoms with Gasteiger partial charge in [-0.2, -0.15) is 0 Å². The predicted molar refractivity (Wildman–Crippen MR) is 107 cm³/mol. The summed E-state index contributed by atoms with van der Waals surface area (Å²) in [5.74, 6) is 0.421. The second-order valence-corrected chi connectivity index (χ2v) is 7.44. The molecule has 0 radical (unpaired) electrons. The van der Waals surface area contributed by atoms with E-state index in [0.717, 1.165) is 22.0 Å². The minimum atomic E-state index is -0.0947. The minimum Gasteiger partial charge on any atom is -0.326 e. The third kappa shape index (κ3) is 5.03. The standard InChI is InChI=1S/C18H19N5OS2/c1-11-7-12(2)20-17(19-11)23-18-22-14(10-26-18)9-16(24)21-13-5-4-6-15(8-13)25-3/h4-8,10H,9H2,1-3H3,(H,21,24)(H,19,20,22,23). The van der Waals surface area contributed by atoms with Gasteiger partial charge in [0.2, 0.25) is 11.9 Å². The highest BCUT2D eigenvalue weighted by Crippen LogP contribution is 2.21. The smallest absolute Gasteiger partial charge is 0.230 e. The quantitative estimate of drug-likeness (QED) is 0.619. The van der Waals surface area contributed by atoms with E-state index in [0.29, 0.717) is 16.8 Å². The summed E-state index contributed by atoms with van der Waals surface area (Å²) in [6.07, 6.45) is 2.22. The van der Waals surface area contributed by atoms with Gasteiger partial charge in [-0.15, -0.1) is 23.1 Å². The van der Waals surface area contributed by atoms with Crippen LogP contribution < -0.4 is 10.6 Å². The molecule has 3 aromatic rings. The molecule has 2 aromatic heterocycles. The highest BCUT2D eigenvalue weighted by molar-refractivity contribution is 7.98. The van der Waals surface area contributed by atoms with Gasteiger partial charge in [0.05, 0.1) is 12.1 Å². The predicted octanol–water partition coefficient (Wildman–Crippen LogP) is 4.20. The first kappa shape index (κ1) is 18.3. The van der Waals surface area contributed by atoms with Crippen LogP contribution in [0.2, 0.25) is 0 Å². The monoisotopic (exact) mass is 385 g/mol. The van der Waals surface area contributed by atoms with E-state index in [9.17, 15) is 4.79 Å². The van der Waals surface area contributed by atoms with E-state index in [4.69, 9.17) is 0 Å². The van der Waals surface area contributed by atoms with E-state index in [1.165, 1.54) is 11.3 Å². The number of hydrogen-bond acceptors (Lipinski definition) is 7. The molecule has 0 aliphatic heterocycles. The van der Waals surface area contributed by atoms with Crippen molar-refractivity contribution in [2.75, 3.05) is 16.9 Å². The molecule has 0 saturated heterocycles. The molecular weight excluding hydrogens is 366 g/mol. The van der Waals surface area contributed by atoms with Gasteiger partial charge in [-0.25, -0.2) is 15.0 Å². The van der Waals surface area contributed by atoms with Gasteiger partial charge >= 0.3 is 0 Å². The second-order valence-electron chi connectivity index (χ2n) is 5.70. The third-order valence-electron chi connectivity index (χ3n) is 3.45. The number of aromatic nitrogens is 3. The first-order valence-electron chi connectivity index (χ1n) is 7.99. The van der Waals surface area contributed by atoms with Crippen molar-refractivity contribution in [3.8, 4) is 0 Å². The van der Waals surface area contributed by atoms with Crippen molar-refractivity contribution in [2.45, 2.75) is 25.2 Å². The summed E-state index contributed by atoms with van der Waals surface area (Å²) < 4.78 is 0. The van der Waals surface area contributed by atoms with Crippen LogP contribution in [0.25, 0.3) is 0 Å². The maximum absolute atomic E-state index is 12.2. The van der Waals surface area contributed by atoms with E-state index in [1.54, 1.807) is 11.8 Å². The van der Waals surface area contributed by atoms with Crippen molar-refractivity contribution in [2.24, 2.45) is 0 Å². The lowest BCUT2D eigenvalue weighted by Gasteiger charge is -2.05. The van der Waals surface area contributed by atoms with E-state index in [1.807, 2.05) is 55.8 Å². The van der Waals surface area contributed by atoms with E-state index < -0.39 is 0 Å². The van der Waals surface area contributed by atoms with Gasteiger partial charge in [-0.05, 0) is 44.4 Å². The molecule has 6 nitrogen and oxygen atoms in total. The number of carbonyl (C=O) groups is 1. The van der Waals surface area contributed by atoms with E-state index >= 15 is 0 Å². The van der Waals surface area contributed by atoms with Crippen LogP contribution >= 0.6 is 23.1 Å². The Morgan fingerprint density at radius 3 is 2.65 bits per heavy atom. The van der Waals surface area contributed by atoms with Crippen LogP contribution in [0.4, 0.5) is 16.8 Å². The Bertz CT molecular complexity index is 905. The van der Waals surface area contributed by atoms with E-state index in [2.05, 4.69) is 25.6 Å². The summed E-state index contributed by atoms with van der Waals surface area (Å²) in [4.78, 5) is 26.5. The molecule has 3 rings (SSSR count). The Morgan fingerprint density at radius 1 is 1.15 bits per heavy atom. The molecule has 0 unspecified atom stereocenters. The summed E-state index contributed by atoms with van der Waals surface area (Å²) in [7, 11) is 0. The fraction of sp³-hybridized carbons (Fsp3) is 0.222. The zero-order chi connectivity index (χ0) is 18.5. The summed E-state index contributed by atoms with van der Waals surface area (Å²) in [6.45, 7) is 3.84. The number of anilines is 3. The van der Waals surface area contributed by atoms with Crippen molar-refractivity contribution in [1.82, 2.24) is 15.0 Å². The highest BCUT2D eigenvalue weighted by atomic mass is 32.2. The molecule has 134 valence electrons. The lowest BCUT2D eigenvalue weighted by Crippen LogP contribution is -2.14. The molecule has 0 fully saturated rings. The Balaban J connectivity index is 1.61. The normalized spacial score (nSPS) is 10.6. The molecule has 2 heterocycles. The number of rotatable bonds is 6. The maximum atomic E-state index is 12.2. The molecule has 0 bridgehead atoms. The van der Waals surface area contributed by atoms with Crippen molar-refractivity contribution >= 4 is 45.8 Å². The molecule has 0 aliphatic rings. The zero-order valence-corrected chi connectivity index (χ0v) is 16.4. The summed E-state index contributed by atoms with van der Waals surface area (Å²) in [5, 5.41) is 8.53. The van der Waals surface area contributed by atoms with Gasteiger partial charge in [0.1, 0.15) is 0 Å². The molecule has 8 heteroatoms. The van der Waals surface area contributed by atoms with Crippen LogP contribution in [-0.4, -0.2) is 27.1 Å². The summed E-state index contributed by atoms with van der Waals surface area (Å²) in [6, 6.07) is 9.68. The molecule has 0 aliphatic carbocycles. The Kier molecular flexibility index (Phi) is 5.85. The largest absolute Gasteiger partial charge is 0.326 e. The topological polar surface area (TPSA) is 79.8 Å². The number of aryl methyl sites for hydroxylation is 2. The van der Waals surface area contributed by atoms with Gasteiger partial charge in [0.25, 0.3) is 0 Å². The molecule has 1 amide bonds. The number of thiazole rings is 1. The van der Waals surface area contributed by atoms with Crippen LogP contribution in [0.5, 0.6) is 0 Å². The maximum Gasteiger partial charge on any atom is 0.230 e. The Morgan fingerprint density at radius 2 is 1.92 bits per heavy atom. The first-order chi connectivity index (χ1) is 12.5. The lowest BCUT2D eigenvalue weighted by atomic mass is 10.3. The molecule has 26 heavy (non-hydrogen) atoms. The first-order valence-corrected chi connectivity index (χ1v) is 10.1. The summed E-state index contributed by atoms with van der Waals surface area (Å²) >= 11 is 3.06. The fourth-order valence-corrected chi connectivity index (χ4v) is 3.56. The SMILES string of the molecule is CSc1cccc(NC(=O)Cc2csc(Nc3nc(C)cc(C)n3)n2)c1. The third-order valence-corrected chi connectivity index (χ3v) is 4.98. The van der Waals surface area contributed by atoms with Gasteiger partial charge in [-0.3, -0.25) is 4.79 Å². The fourth-order valence-electron chi connectivity index (χ4n) is 2.39. The van der Waals surface area contributed by atoms with Crippen LogP contribution in [0.1, 0.15) is 17.1 Å². The zero-order valence-electron chi connectivity index (χ0n) is 14.7. The van der Waals surface area contributed by atoms with Crippen LogP contribution in [0, 0.1) is 13.8 Å². The molecule has 1 aromatic carbocycles. The second kappa shape index (κ2) is 8.29. The number of nitrogens with one attached hydrogen (secondary N) is 2. The number of nitrogens with zero attached hydrogens (tertiary/aromatic N) is 3. The van der Waals surface area contributed by atoms with Gasteiger partial charge in [0, 0.05) is 27.4 Å². The molecule has 0 spiro atoms. The molecule has 0 saturated carbocycles. The molecular formula is C18H19N5OS2. The average molecular weight is 386 g/mol. The molecule has 0 atom stereocenters. The lowest BCUT2D eigenvalue weighted by molar-refractivity contribution is -0.115. The number of carbonyl (C=O) groups excluding carboxylic acids is 1. The Labute approximate surface area is 160 Å². The molecule has 2 N–H and O–H groups in total. The van der Waals surface area contributed by atoms with Crippen LogP contribution in [-0.2, 0) is 11.2 Å². The van der Waals surface area contributed by atoms with Gasteiger partial charge in [0.15, 0.2) is 5.13 Å². The minimum absolute atomic E-state index is 0.0947. The number of benzene rings is 1. The number of thioether (sulfide) groups is 1. The summed E-state index contributed by atoms with van der Waals surface area (Å²) in [5.41, 5.74) is 3.28. The van der Waals surface area contributed by atoms with E-state index in [-0.39, 0.29) is 12.3 Å². The van der Waals surface area contributed by atoms with Crippen molar-refractivity contribution in [3.63, 3.8) is 0 Å². The van der Waals surface area contributed by atoms with Crippen LogP contribution in [0.15, 0.2) is 40.6 Å². The highest BCUT2D eigenvalue weighted by Gasteiger charge is 2.10. The number of hydrogen-bond donors (Lipinski definition) is 2. The average Bonchev–Trinajstić information content (AvgIpc) is 3.00. The van der Waals surface area contributed by atoms with Crippen molar-refractivity contribution in [1.29, 1.82) is 0 Å². The van der Waals surface area contributed by atoms with Crippen molar-refractivity contribution in [3.05, 3.63) is 52.8 Å². The Hall–Kier alpha value is -2.45. The number of amides is 1.